The van der Waals surface area contributed by atoms with Crippen LogP contribution in [0.25, 0.3) is 0 Å². The highest BCUT2D eigenvalue weighted by Crippen LogP contribution is 2.31. The lowest BCUT2D eigenvalue weighted by atomic mass is 10.1. The largest absolute Gasteiger partial charge is 0.481 e. The van der Waals surface area contributed by atoms with Crippen LogP contribution in [-0.4, -0.2) is 23.0 Å². The molecule has 0 saturated carbocycles. The molecule has 0 aliphatic heterocycles. The number of ether oxygens (including phenoxy) is 1. The van der Waals surface area contributed by atoms with Crippen molar-refractivity contribution in [1.29, 1.82) is 0 Å². The Hall–Kier alpha value is -3.46. The molecule has 0 aliphatic carbocycles. The molecule has 0 aliphatic rings. The van der Waals surface area contributed by atoms with E-state index in [0.29, 0.717) is 11.4 Å². The van der Waals surface area contributed by atoms with Gasteiger partial charge in [-0.25, -0.2) is 15.4 Å². The van der Waals surface area contributed by atoms with Gasteiger partial charge < -0.3 is 4.74 Å². The van der Waals surface area contributed by atoms with Crippen LogP contribution in [0, 0.1) is 0 Å². The fraction of sp³-hybridized carbons (Fsp3) is 0.150. The molecule has 0 fully saturated rings. The minimum absolute atomic E-state index is 0.0511. The van der Waals surface area contributed by atoms with E-state index in [9.17, 15) is 18.0 Å². The second-order valence-electron chi connectivity index (χ2n) is 5.97. The van der Waals surface area contributed by atoms with Gasteiger partial charge in [-0.2, -0.15) is 13.2 Å². The molecule has 2 heterocycles. The van der Waals surface area contributed by atoms with Gasteiger partial charge >= 0.3 is 6.18 Å². The molecule has 0 bridgehead atoms. The summed E-state index contributed by atoms with van der Waals surface area (Å²) in [4.78, 5) is 20.9. The Morgan fingerprint density at radius 3 is 2.59 bits per heavy atom. The van der Waals surface area contributed by atoms with E-state index in [4.69, 9.17) is 4.74 Å². The third-order valence-electron chi connectivity index (χ3n) is 3.99. The van der Waals surface area contributed by atoms with Crippen molar-refractivity contribution in [2.24, 2.45) is 0 Å². The Morgan fingerprint density at radius 2 is 1.97 bits per heavy atom. The zero-order valence-corrected chi connectivity index (χ0v) is 15.3. The van der Waals surface area contributed by atoms with Crippen LogP contribution in [0.3, 0.4) is 0 Å². The fourth-order valence-corrected chi connectivity index (χ4v) is 2.53. The van der Waals surface area contributed by atoms with E-state index in [2.05, 4.69) is 15.4 Å². The summed E-state index contributed by atoms with van der Waals surface area (Å²) < 4.78 is 44.4. The molecule has 29 heavy (non-hydrogen) atoms. The first kappa shape index (κ1) is 20.3. The van der Waals surface area contributed by atoms with Gasteiger partial charge in [0.1, 0.15) is 0 Å². The maximum Gasteiger partial charge on any atom is 0.416 e. The second kappa shape index (κ2) is 8.70. The number of aromatic nitrogens is 2. The van der Waals surface area contributed by atoms with Crippen molar-refractivity contribution in [3.63, 3.8) is 0 Å². The van der Waals surface area contributed by atoms with E-state index in [1.807, 2.05) is 0 Å². The standard InChI is InChI=1S/C20H17F3N4O2/c1-29-18-8-7-14(11-25-18)12-26-27(19(28)15-4-3-9-24-13-15)17-6-2-5-16(10-17)20(21,22)23/h2-11,13,26H,12H2,1H3. The molecule has 1 amide bonds. The third-order valence-corrected chi connectivity index (χ3v) is 3.99. The number of pyridine rings is 2. The predicted octanol–water partition coefficient (Wildman–Crippen LogP) is 3.86. The van der Waals surface area contributed by atoms with Crippen molar-refractivity contribution in [2.45, 2.75) is 12.7 Å². The maximum atomic E-state index is 13.1. The lowest BCUT2D eigenvalue weighted by Gasteiger charge is -2.24. The zero-order chi connectivity index (χ0) is 20.9. The molecule has 150 valence electrons. The van der Waals surface area contributed by atoms with Crippen LogP contribution in [0.15, 0.2) is 67.1 Å². The summed E-state index contributed by atoms with van der Waals surface area (Å²) in [6, 6.07) is 11.0. The summed E-state index contributed by atoms with van der Waals surface area (Å²) in [5.41, 5.74) is 3.01. The van der Waals surface area contributed by atoms with E-state index >= 15 is 0 Å². The summed E-state index contributed by atoms with van der Waals surface area (Å²) in [6.45, 7) is 0.152. The summed E-state index contributed by atoms with van der Waals surface area (Å²) in [7, 11) is 1.49. The number of amides is 1. The van der Waals surface area contributed by atoms with E-state index in [0.717, 1.165) is 17.1 Å². The first-order chi connectivity index (χ1) is 13.9. The van der Waals surface area contributed by atoms with Gasteiger partial charge in [-0.1, -0.05) is 12.1 Å². The second-order valence-corrected chi connectivity index (χ2v) is 5.97. The average Bonchev–Trinajstić information content (AvgIpc) is 2.74. The van der Waals surface area contributed by atoms with Gasteiger partial charge in [-0.15, -0.1) is 0 Å². The van der Waals surface area contributed by atoms with Crippen LogP contribution < -0.4 is 15.2 Å². The molecular weight excluding hydrogens is 385 g/mol. The highest BCUT2D eigenvalue weighted by Gasteiger charge is 2.31. The molecule has 3 aromatic rings. The van der Waals surface area contributed by atoms with Gasteiger partial charge in [-0.3, -0.25) is 9.78 Å². The normalized spacial score (nSPS) is 11.2. The Kier molecular flexibility index (Phi) is 6.08. The van der Waals surface area contributed by atoms with Gasteiger partial charge in [0.05, 0.1) is 23.9 Å². The molecule has 2 aromatic heterocycles. The first-order valence-electron chi connectivity index (χ1n) is 8.52. The maximum absolute atomic E-state index is 13.1. The van der Waals surface area contributed by atoms with Crippen LogP contribution >= 0.6 is 0 Å². The van der Waals surface area contributed by atoms with Gasteiger partial charge in [0.2, 0.25) is 5.88 Å². The van der Waals surface area contributed by atoms with Crippen LogP contribution in [0.5, 0.6) is 5.88 Å². The van der Waals surface area contributed by atoms with Crippen molar-refractivity contribution >= 4 is 11.6 Å². The number of anilines is 1. The number of nitrogens with zero attached hydrogens (tertiary/aromatic N) is 3. The number of hydrazine groups is 1. The molecular formula is C20H17F3N4O2. The number of hydrogen-bond donors (Lipinski definition) is 1. The monoisotopic (exact) mass is 402 g/mol. The molecule has 0 atom stereocenters. The van der Waals surface area contributed by atoms with E-state index < -0.39 is 17.6 Å². The topological polar surface area (TPSA) is 67.3 Å². The van der Waals surface area contributed by atoms with Gasteiger partial charge in [0.15, 0.2) is 0 Å². The average molecular weight is 402 g/mol. The number of rotatable bonds is 6. The van der Waals surface area contributed by atoms with E-state index in [-0.39, 0.29) is 17.8 Å². The van der Waals surface area contributed by atoms with Crippen molar-refractivity contribution in [1.82, 2.24) is 15.4 Å². The molecule has 0 saturated heterocycles. The minimum Gasteiger partial charge on any atom is -0.481 e. The summed E-state index contributed by atoms with van der Waals surface area (Å²) in [6.07, 6.45) is -0.134. The van der Waals surface area contributed by atoms with Crippen molar-refractivity contribution in [2.75, 3.05) is 12.1 Å². The van der Waals surface area contributed by atoms with Crippen LogP contribution in [0.4, 0.5) is 18.9 Å². The number of benzene rings is 1. The van der Waals surface area contributed by atoms with Gasteiger partial charge in [-0.05, 0) is 35.9 Å². The summed E-state index contributed by atoms with van der Waals surface area (Å²) in [5, 5.41) is 1.07. The SMILES string of the molecule is COc1ccc(CNN(C(=O)c2cccnc2)c2cccc(C(F)(F)F)c2)cn1. The highest BCUT2D eigenvalue weighted by atomic mass is 19.4. The predicted molar refractivity (Wildman–Crippen MR) is 100 cm³/mol. The number of hydrogen-bond acceptors (Lipinski definition) is 5. The third kappa shape index (κ3) is 5.08. The van der Waals surface area contributed by atoms with Crippen LogP contribution in [-0.2, 0) is 12.7 Å². The number of nitrogens with one attached hydrogen (secondary N) is 1. The zero-order valence-electron chi connectivity index (χ0n) is 15.3. The smallest absolute Gasteiger partial charge is 0.416 e. The molecule has 1 aromatic carbocycles. The fourth-order valence-electron chi connectivity index (χ4n) is 2.53. The molecule has 3 rings (SSSR count). The Balaban J connectivity index is 1.90. The molecule has 1 N–H and O–H groups in total. The van der Waals surface area contributed by atoms with Crippen molar-refractivity contribution in [3.8, 4) is 5.88 Å². The van der Waals surface area contributed by atoms with Crippen molar-refractivity contribution in [3.05, 3.63) is 83.8 Å². The lowest BCUT2D eigenvalue weighted by Crippen LogP contribution is -2.43. The summed E-state index contributed by atoms with van der Waals surface area (Å²) in [5.74, 6) is -0.117. The molecule has 0 spiro atoms. The molecule has 9 heteroatoms. The molecule has 0 radical (unpaired) electrons. The molecule has 0 unspecified atom stereocenters. The highest BCUT2D eigenvalue weighted by molar-refractivity contribution is 6.05. The Bertz CT molecular complexity index is 963. The summed E-state index contributed by atoms with van der Waals surface area (Å²) >= 11 is 0. The van der Waals surface area contributed by atoms with Gasteiger partial charge in [0, 0.05) is 31.2 Å². The van der Waals surface area contributed by atoms with Crippen molar-refractivity contribution < 1.29 is 22.7 Å². The quantitative estimate of drug-likeness (QED) is 0.635. The number of carbonyl (C=O) groups excluding carboxylic acids is 1. The minimum atomic E-state index is -4.53. The number of halogens is 3. The van der Waals surface area contributed by atoms with Crippen LogP contribution in [0.2, 0.25) is 0 Å². The van der Waals surface area contributed by atoms with E-state index in [1.165, 1.54) is 37.7 Å². The Morgan fingerprint density at radius 1 is 1.14 bits per heavy atom. The molecule has 6 nitrogen and oxygen atoms in total. The van der Waals surface area contributed by atoms with E-state index in [1.54, 1.807) is 24.4 Å². The lowest BCUT2D eigenvalue weighted by molar-refractivity contribution is -0.137. The number of alkyl halides is 3. The van der Waals surface area contributed by atoms with Crippen LogP contribution in [0.1, 0.15) is 21.5 Å². The Labute approximate surface area is 164 Å². The first-order valence-corrected chi connectivity index (χ1v) is 8.52. The number of carbonyl (C=O) groups is 1. The number of methoxy groups -OCH3 is 1. The van der Waals surface area contributed by atoms with Gasteiger partial charge in [0.25, 0.3) is 5.91 Å².